The van der Waals surface area contributed by atoms with Crippen LogP contribution in [0.15, 0.2) is 40.2 Å². The van der Waals surface area contributed by atoms with Gasteiger partial charge >= 0.3 is 0 Å². The second-order valence-corrected chi connectivity index (χ2v) is 7.48. The molecular weight excluding hydrogens is 372 g/mol. The van der Waals surface area contributed by atoms with E-state index in [0.717, 1.165) is 0 Å². The van der Waals surface area contributed by atoms with Gasteiger partial charge in [-0.2, -0.15) is 5.10 Å². The topological polar surface area (TPSA) is 104 Å². The molecule has 1 aromatic carbocycles. The predicted molar refractivity (Wildman–Crippen MR) is 100 cm³/mol. The lowest BCUT2D eigenvalue weighted by Crippen LogP contribution is -2.23. The summed E-state index contributed by atoms with van der Waals surface area (Å²) in [4.78, 5) is 12.3. The van der Waals surface area contributed by atoms with Crippen LogP contribution in [0, 0.1) is 0 Å². The minimum Gasteiger partial charge on any atom is -0.497 e. The molecule has 144 valence electrons. The summed E-state index contributed by atoms with van der Waals surface area (Å²) < 4.78 is 41.3. The third-order valence-electron chi connectivity index (χ3n) is 4.13. The third-order valence-corrected chi connectivity index (χ3v) is 5.46. The van der Waals surface area contributed by atoms with E-state index < -0.39 is 10.0 Å². The number of nitrogens with one attached hydrogen (secondary N) is 1. The van der Waals surface area contributed by atoms with E-state index in [-0.39, 0.29) is 21.7 Å². The first-order valence-electron chi connectivity index (χ1n) is 8.14. The summed E-state index contributed by atoms with van der Waals surface area (Å²) in [5, 5.41) is 4.16. The van der Waals surface area contributed by atoms with Crippen molar-refractivity contribution in [3.8, 4) is 11.5 Å². The Morgan fingerprint density at radius 1 is 1.19 bits per heavy atom. The van der Waals surface area contributed by atoms with E-state index in [1.54, 1.807) is 12.1 Å². The molecule has 0 bridgehead atoms. The highest BCUT2D eigenvalue weighted by atomic mass is 32.2. The van der Waals surface area contributed by atoms with Crippen molar-refractivity contribution >= 4 is 21.2 Å². The average Bonchev–Trinajstić information content (AvgIpc) is 3.11. The van der Waals surface area contributed by atoms with Gasteiger partial charge in [0.2, 0.25) is 0 Å². The van der Waals surface area contributed by atoms with Gasteiger partial charge < -0.3 is 9.47 Å². The molecule has 0 amide bonds. The molecule has 2 heterocycles. The molecule has 0 spiro atoms. The van der Waals surface area contributed by atoms with Gasteiger partial charge in [0, 0.05) is 25.7 Å². The van der Waals surface area contributed by atoms with Crippen LogP contribution in [0.5, 0.6) is 11.5 Å². The zero-order chi connectivity index (χ0) is 19.8. The summed E-state index contributed by atoms with van der Waals surface area (Å²) in [5.41, 5.74) is 0.0868. The van der Waals surface area contributed by atoms with Gasteiger partial charge in [-0.25, -0.2) is 13.1 Å². The van der Waals surface area contributed by atoms with Gasteiger partial charge in [0.15, 0.2) is 0 Å². The molecule has 0 aliphatic heterocycles. The lowest BCUT2D eigenvalue weighted by Gasteiger charge is -2.12. The maximum Gasteiger partial charge on any atom is 0.290 e. The molecule has 0 saturated heterocycles. The maximum absolute atomic E-state index is 12.9. The number of aryl methyl sites for hydroxylation is 2. The Bertz CT molecular complexity index is 1160. The summed E-state index contributed by atoms with van der Waals surface area (Å²) >= 11 is 0. The van der Waals surface area contributed by atoms with E-state index in [1.165, 1.54) is 48.7 Å². The fourth-order valence-electron chi connectivity index (χ4n) is 2.73. The van der Waals surface area contributed by atoms with Crippen molar-refractivity contribution < 1.29 is 17.9 Å². The molecule has 0 atom stereocenters. The van der Waals surface area contributed by atoms with E-state index in [1.807, 2.05) is 6.92 Å². The molecule has 0 radical (unpaired) electrons. The van der Waals surface area contributed by atoms with Crippen LogP contribution in [-0.2, 0) is 23.5 Å². The van der Waals surface area contributed by atoms with E-state index in [2.05, 4.69) is 9.82 Å². The second kappa shape index (κ2) is 6.95. The van der Waals surface area contributed by atoms with Crippen molar-refractivity contribution in [3.63, 3.8) is 0 Å². The fraction of sp³-hybridized carbons (Fsp3) is 0.294. The molecule has 0 unspecified atom stereocenters. The quantitative estimate of drug-likeness (QED) is 0.680. The van der Waals surface area contributed by atoms with E-state index in [0.29, 0.717) is 23.7 Å². The minimum atomic E-state index is -3.97. The van der Waals surface area contributed by atoms with Crippen LogP contribution < -0.4 is 19.8 Å². The fourth-order valence-corrected chi connectivity index (χ4v) is 3.81. The summed E-state index contributed by atoms with van der Waals surface area (Å²) in [6.07, 6.45) is 1.92. The van der Waals surface area contributed by atoms with E-state index in [4.69, 9.17) is 9.47 Å². The van der Waals surface area contributed by atoms with Crippen molar-refractivity contribution in [2.75, 3.05) is 18.9 Å². The first-order chi connectivity index (χ1) is 12.8. The molecule has 2 aromatic heterocycles. The number of hydrogen-bond donors (Lipinski definition) is 1. The first kappa shape index (κ1) is 18.8. The summed E-state index contributed by atoms with van der Waals surface area (Å²) in [7, 11) is 0.482. The maximum atomic E-state index is 12.9. The Morgan fingerprint density at radius 2 is 1.93 bits per heavy atom. The van der Waals surface area contributed by atoms with Gasteiger partial charge in [-0.05, 0) is 18.2 Å². The number of rotatable bonds is 6. The normalized spacial score (nSPS) is 11.6. The van der Waals surface area contributed by atoms with Gasteiger partial charge in [0.05, 0.1) is 19.9 Å². The van der Waals surface area contributed by atoms with Crippen LogP contribution in [0.4, 0.5) is 5.69 Å². The van der Waals surface area contributed by atoms with E-state index in [9.17, 15) is 13.2 Å². The van der Waals surface area contributed by atoms with Crippen molar-refractivity contribution in [1.29, 1.82) is 0 Å². The van der Waals surface area contributed by atoms with Crippen LogP contribution in [0.2, 0.25) is 0 Å². The Morgan fingerprint density at radius 3 is 2.56 bits per heavy atom. The number of sulfonamides is 1. The predicted octanol–water partition coefficient (Wildman–Crippen LogP) is 1.41. The molecule has 1 N–H and O–H groups in total. The Kier molecular flexibility index (Phi) is 4.83. The molecule has 10 heteroatoms. The average molecular weight is 392 g/mol. The van der Waals surface area contributed by atoms with Crippen LogP contribution in [0.3, 0.4) is 0 Å². The molecule has 0 fully saturated rings. The van der Waals surface area contributed by atoms with E-state index >= 15 is 0 Å². The summed E-state index contributed by atoms with van der Waals surface area (Å²) in [6, 6.07) is 6.11. The van der Waals surface area contributed by atoms with Gasteiger partial charge in [-0.3, -0.25) is 13.9 Å². The number of hydrogen-bond acceptors (Lipinski definition) is 6. The Labute approximate surface area is 156 Å². The zero-order valence-electron chi connectivity index (χ0n) is 15.4. The minimum absolute atomic E-state index is 0.0489. The highest BCUT2D eigenvalue weighted by Gasteiger charge is 2.21. The van der Waals surface area contributed by atoms with Crippen LogP contribution in [0.1, 0.15) is 12.7 Å². The molecule has 0 aliphatic rings. The zero-order valence-corrected chi connectivity index (χ0v) is 16.2. The van der Waals surface area contributed by atoms with Crippen molar-refractivity contribution in [1.82, 2.24) is 14.2 Å². The monoisotopic (exact) mass is 392 g/mol. The van der Waals surface area contributed by atoms with Crippen molar-refractivity contribution in [2.45, 2.75) is 18.2 Å². The van der Waals surface area contributed by atoms with Gasteiger partial charge in [-0.15, -0.1) is 0 Å². The summed E-state index contributed by atoms with van der Waals surface area (Å²) in [5.74, 6) is 1.39. The second-order valence-electron chi connectivity index (χ2n) is 5.80. The number of methoxy groups -OCH3 is 2. The smallest absolute Gasteiger partial charge is 0.290 e. The molecule has 9 nitrogen and oxygen atoms in total. The lowest BCUT2D eigenvalue weighted by atomic mass is 10.3. The largest absolute Gasteiger partial charge is 0.497 e. The number of anilines is 1. The summed E-state index contributed by atoms with van der Waals surface area (Å²) in [6.45, 7) is 1.87. The molecule has 3 aromatic rings. The lowest BCUT2D eigenvalue weighted by molar-refractivity contribution is 0.405. The highest BCUT2D eigenvalue weighted by molar-refractivity contribution is 7.92. The molecular formula is C17H20N4O5S. The van der Waals surface area contributed by atoms with Crippen molar-refractivity contribution in [3.05, 3.63) is 46.6 Å². The molecule has 0 aliphatic carbocycles. The van der Waals surface area contributed by atoms with Crippen LogP contribution in [0.25, 0.3) is 5.52 Å². The van der Waals surface area contributed by atoms with Gasteiger partial charge in [0.25, 0.3) is 15.6 Å². The van der Waals surface area contributed by atoms with Gasteiger partial charge in [-0.1, -0.05) is 6.92 Å². The van der Waals surface area contributed by atoms with Gasteiger partial charge in [0.1, 0.15) is 27.7 Å². The van der Waals surface area contributed by atoms with Crippen LogP contribution in [-0.4, -0.2) is 36.8 Å². The number of nitrogens with zero attached hydrogens (tertiary/aromatic N) is 3. The number of ether oxygens (including phenoxy) is 2. The number of benzene rings is 1. The number of aromatic nitrogens is 3. The standard InChI is InChI=1S/C17H20N4O5S/c1-5-16-18-20(2)17(22)14-9-12(10-21(14)16)27(23,24)19-13-8-11(25-3)6-7-15(13)26-4/h6-10,19H,5H2,1-4H3. The SMILES string of the molecule is CCc1nn(C)c(=O)c2cc(S(=O)(=O)Nc3cc(OC)ccc3OC)cn12. The Hall–Kier alpha value is -3.01. The Balaban J connectivity index is 2.11. The third kappa shape index (κ3) is 3.35. The highest BCUT2D eigenvalue weighted by Crippen LogP contribution is 2.31. The first-order valence-corrected chi connectivity index (χ1v) is 9.62. The number of fused-ring (bicyclic) bond motifs is 1. The van der Waals surface area contributed by atoms with Crippen molar-refractivity contribution in [2.24, 2.45) is 7.05 Å². The molecule has 3 rings (SSSR count). The van der Waals surface area contributed by atoms with Crippen LogP contribution >= 0.6 is 0 Å². The molecule has 27 heavy (non-hydrogen) atoms. The molecule has 0 saturated carbocycles.